The van der Waals surface area contributed by atoms with Gasteiger partial charge in [-0.1, -0.05) is 6.07 Å². The topological polar surface area (TPSA) is 44.3 Å². The Balaban J connectivity index is 2.31. The zero-order chi connectivity index (χ0) is 10.8. The van der Waals surface area contributed by atoms with E-state index in [9.17, 15) is 9.50 Å². The van der Waals surface area contributed by atoms with Gasteiger partial charge in [-0.25, -0.2) is 4.39 Å². The molecule has 2 rings (SSSR count). The second kappa shape index (κ2) is 4.47. The molecule has 0 amide bonds. The minimum absolute atomic E-state index is 0.0174. The van der Waals surface area contributed by atoms with Gasteiger partial charge in [0.1, 0.15) is 11.6 Å². The maximum Gasteiger partial charge on any atom is 0.141 e. The summed E-state index contributed by atoms with van der Waals surface area (Å²) in [6.07, 6.45) is 0. The van der Waals surface area contributed by atoms with Gasteiger partial charge in [0.25, 0.3) is 0 Å². The SMILES string of the molecule is Oc1c([C@H]2CNCCN2)ccc(F)c1Br. The van der Waals surface area contributed by atoms with Crippen LogP contribution in [0.3, 0.4) is 0 Å². The molecule has 5 heteroatoms. The number of hydrogen-bond donors (Lipinski definition) is 3. The highest BCUT2D eigenvalue weighted by molar-refractivity contribution is 9.10. The number of aromatic hydroxyl groups is 1. The predicted octanol–water partition coefficient (Wildman–Crippen LogP) is 1.53. The molecule has 3 N–H and O–H groups in total. The summed E-state index contributed by atoms with van der Waals surface area (Å²) >= 11 is 3.02. The van der Waals surface area contributed by atoms with Gasteiger partial charge in [-0.15, -0.1) is 0 Å². The van der Waals surface area contributed by atoms with Crippen molar-refractivity contribution in [2.24, 2.45) is 0 Å². The van der Waals surface area contributed by atoms with Crippen molar-refractivity contribution in [3.63, 3.8) is 0 Å². The monoisotopic (exact) mass is 274 g/mol. The third kappa shape index (κ3) is 2.14. The lowest BCUT2D eigenvalue weighted by Gasteiger charge is -2.25. The molecule has 1 saturated heterocycles. The van der Waals surface area contributed by atoms with Gasteiger partial charge in [0.05, 0.1) is 4.47 Å². The Kier molecular flexibility index (Phi) is 3.23. The molecule has 0 radical (unpaired) electrons. The average molecular weight is 275 g/mol. The molecule has 0 unspecified atom stereocenters. The predicted molar refractivity (Wildman–Crippen MR) is 59.4 cm³/mol. The lowest BCUT2D eigenvalue weighted by molar-refractivity contribution is 0.400. The fourth-order valence-corrected chi connectivity index (χ4v) is 2.07. The summed E-state index contributed by atoms with van der Waals surface area (Å²) in [7, 11) is 0. The largest absolute Gasteiger partial charge is 0.506 e. The van der Waals surface area contributed by atoms with Gasteiger partial charge in [-0.2, -0.15) is 0 Å². The van der Waals surface area contributed by atoms with E-state index in [2.05, 4.69) is 26.6 Å². The molecule has 1 aliphatic rings. The number of rotatable bonds is 1. The van der Waals surface area contributed by atoms with Crippen LogP contribution in [0.2, 0.25) is 0 Å². The average Bonchev–Trinajstić information content (AvgIpc) is 2.27. The lowest BCUT2D eigenvalue weighted by atomic mass is 10.0. The molecule has 0 spiro atoms. The third-order valence-corrected chi connectivity index (χ3v) is 3.27. The molecule has 1 aromatic carbocycles. The summed E-state index contributed by atoms with van der Waals surface area (Å²) in [5.41, 5.74) is 0.718. The van der Waals surface area contributed by atoms with E-state index in [1.54, 1.807) is 6.07 Å². The maximum atomic E-state index is 13.1. The molecule has 1 atom stereocenters. The van der Waals surface area contributed by atoms with E-state index >= 15 is 0 Å². The molecule has 15 heavy (non-hydrogen) atoms. The molecular formula is C10H12BrFN2O. The van der Waals surface area contributed by atoms with Crippen molar-refractivity contribution in [3.8, 4) is 5.75 Å². The fraction of sp³-hybridized carbons (Fsp3) is 0.400. The summed E-state index contributed by atoms with van der Waals surface area (Å²) in [5.74, 6) is -0.462. The maximum absolute atomic E-state index is 13.1. The summed E-state index contributed by atoms with van der Waals surface area (Å²) < 4.78 is 13.2. The zero-order valence-corrected chi connectivity index (χ0v) is 9.64. The number of piperazine rings is 1. The minimum atomic E-state index is -0.444. The molecule has 1 aromatic rings. The number of phenolic OH excluding ortho intramolecular Hbond substituents is 1. The Hall–Kier alpha value is -0.650. The molecule has 0 bridgehead atoms. The van der Waals surface area contributed by atoms with Crippen LogP contribution in [0.15, 0.2) is 16.6 Å². The highest BCUT2D eigenvalue weighted by atomic mass is 79.9. The summed E-state index contributed by atoms with van der Waals surface area (Å²) in [6.45, 7) is 2.50. The van der Waals surface area contributed by atoms with E-state index in [0.29, 0.717) is 0 Å². The molecule has 82 valence electrons. The van der Waals surface area contributed by atoms with Crippen molar-refractivity contribution in [1.82, 2.24) is 10.6 Å². The second-order valence-electron chi connectivity index (χ2n) is 3.51. The first kappa shape index (κ1) is 10.9. The summed E-state index contributed by atoms with van der Waals surface area (Å²) in [4.78, 5) is 0. The van der Waals surface area contributed by atoms with Crippen molar-refractivity contribution in [2.45, 2.75) is 6.04 Å². The van der Waals surface area contributed by atoms with Gasteiger partial charge >= 0.3 is 0 Å². The van der Waals surface area contributed by atoms with Gasteiger partial charge in [0, 0.05) is 31.2 Å². The number of halogens is 2. The van der Waals surface area contributed by atoms with Crippen LogP contribution < -0.4 is 10.6 Å². The fourth-order valence-electron chi connectivity index (χ4n) is 1.71. The summed E-state index contributed by atoms with van der Waals surface area (Å²) in [5, 5.41) is 16.2. The highest BCUT2D eigenvalue weighted by Gasteiger charge is 2.20. The van der Waals surface area contributed by atoms with Gasteiger partial charge in [0.15, 0.2) is 0 Å². The lowest BCUT2D eigenvalue weighted by Crippen LogP contribution is -2.42. The Bertz CT molecular complexity index is 367. The molecule has 0 aliphatic carbocycles. The first-order valence-corrected chi connectivity index (χ1v) is 5.60. The van der Waals surface area contributed by atoms with E-state index in [1.165, 1.54) is 6.07 Å². The number of phenols is 1. The van der Waals surface area contributed by atoms with Crippen molar-refractivity contribution < 1.29 is 9.50 Å². The van der Waals surface area contributed by atoms with Gasteiger partial charge in [-0.05, 0) is 22.0 Å². The molecule has 0 saturated carbocycles. The van der Waals surface area contributed by atoms with E-state index < -0.39 is 5.82 Å². The second-order valence-corrected chi connectivity index (χ2v) is 4.30. The van der Waals surface area contributed by atoms with Crippen LogP contribution in [0.5, 0.6) is 5.75 Å². The van der Waals surface area contributed by atoms with Crippen LogP contribution in [-0.4, -0.2) is 24.7 Å². The van der Waals surface area contributed by atoms with E-state index in [4.69, 9.17) is 0 Å². The Morgan fingerprint density at radius 3 is 2.87 bits per heavy atom. The normalized spacial score (nSPS) is 21.6. The Morgan fingerprint density at radius 2 is 2.20 bits per heavy atom. The van der Waals surface area contributed by atoms with Crippen molar-refractivity contribution in [2.75, 3.05) is 19.6 Å². The molecule has 3 nitrogen and oxygen atoms in total. The van der Waals surface area contributed by atoms with Crippen LogP contribution in [0.25, 0.3) is 0 Å². The van der Waals surface area contributed by atoms with Crippen molar-refractivity contribution in [3.05, 3.63) is 28.0 Å². The smallest absolute Gasteiger partial charge is 0.141 e. The molecule has 1 heterocycles. The number of nitrogens with one attached hydrogen (secondary N) is 2. The molecular weight excluding hydrogens is 263 g/mol. The Labute approximate surface area is 95.8 Å². The summed E-state index contributed by atoms with van der Waals surface area (Å²) in [6, 6.07) is 3.01. The van der Waals surface area contributed by atoms with Crippen LogP contribution in [0.4, 0.5) is 4.39 Å². The van der Waals surface area contributed by atoms with Crippen molar-refractivity contribution >= 4 is 15.9 Å². The van der Waals surface area contributed by atoms with E-state index in [-0.39, 0.29) is 16.3 Å². The first-order chi connectivity index (χ1) is 7.20. The van der Waals surface area contributed by atoms with Gasteiger partial charge in [0.2, 0.25) is 0 Å². The number of benzene rings is 1. The standard InChI is InChI=1S/C10H12BrFN2O/c11-9-7(12)2-1-6(10(9)15)8-5-13-3-4-14-8/h1-2,8,13-15H,3-5H2/t8-/m1/s1. The highest BCUT2D eigenvalue weighted by Crippen LogP contribution is 2.34. The quantitative estimate of drug-likeness (QED) is 0.728. The Morgan fingerprint density at radius 1 is 1.40 bits per heavy atom. The zero-order valence-electron chi connectivity index (χ0n) is 8.06. The van der Waals surface area contributed by atoms with Crippen molar-refractivity contribution in [1.29, 1.82) is 0 Å². The van der Waals surface area contributed by atoms with Gasteiger partial charge in [-0.3, -0.25) is 0 Å². The van der Waals surface area contributed by atoms with Crippen LogP contribution >= 0.6 is 15.9 Å². The first-order valence-electron chi connectivity index (χ1n) is 4.81. The molecule has 1 aliphatic heterocycles. The third-order valence-electron chi connectivity index (χ3n) is 2.52. The van der Waals surface area contributed by atoms with Crippen LogP contribution in [0.1, 0.15) is 11.6 Å². The minimum Gasteiger partial charge on any atom is -0.506 e. The van der Waals surface area contributed by atoms with Gasteiger partial charge < -0.3 is 15.7 Å². The van der Waals surface area contributed by atoms with E-state index in [0.717, 1.165) is 25.2 Å². The van der Waals surface area contributed by atoms with E-state index in [1.807, 2.05) is 0 Å². The van der Waals surface area contributed by atoms with Crippen LogP contribution in [-0.2, 0) is 0 Å². The van der Waals surface area contributed by atoms with Crippen LogP contribution in [0, 0.1) is 5.82 Å². The molecule has 0 aromatic heterocycles. The number of hydrogen-bond acceptors (Lipinski definition) is 3. The molecule has 1 fully saturated rings.